The third-order valence-electron chi connectivity index (χ3n) is 3.35. The molecule has 0 aromatic heterocycles. The molecule has 1 aromatic carbocycles. The van der Waals surface area contributed by atoms with E-state index in [-0.39, 0.29) is 17.5 Å². The van der Waals surface area contributed by atoms with Gasteiger partial charge in [0.15, 0.2) is 0 Å². The number of rotatable bonds is 6. The number of nitrogens with two attached hydrogens (primary N) is 1. The van der Waals surface area contributed by atoms with Gasteiger partial charge in [-0.3, -0.25) is 0 Å². The first-order chi connectivity index (χ1) is 8.94. The molecule has 0 heterocycles. The Kier molecular flexibility index (Phi) is 4.13. The molecule has 0 amide bonds. The van der Waals surface area contributed by atoms with Crippen molar-refractivity contribution < 1.29 is 13.2 Å². The van der Waals surface area contributed by atoms with Crippen LogP contribution >= 0.6 is 0 Å². The topological polar surface area (TPSA) is 81.4 Å². The van der Waals surface area contributed by atoms with Gasteiger partial charge in [0.2, 0.25) is 10.0 Å². The van der Waals surface area contributed by atoms with Crippen molar-refractivity contribution in [1.82, 2.24) is 4.72 Å². The molecule has 0 bridgehead atoms. The van der Waals surface area contributed by atoms with Crippen LogP contribution in [0.25, 0.3) is 0 Å². The van der Waals surface area contributed by atoms with Crippen molar-refractivity contribution in [2.75, 3.05) is 13.7 Å². The first kappa shape index (κ1) is 14.3. The van der Waals surface area contributed by atoms with Crippen LogP contribution in [0.2, 0.25) is 0 Å². The van der Waals surface area contributed by atoms with Crippen molar-refractivity contribution >= 4 is 10.0 Å². The van der Waals surface area contributed by atoms with Crippen molar-refractivity contribution in [2.45, 2.75) is 30.7 Å². The summed E-state index contributed by atoms with van der Waals surface area (Å²) in [6.45, 7) is 2.11. The van der Waals surface area contributed by atoms with Crippen LogP contribution in [0.15, 0.2) is 23.1 Å². The number of methoxy groups -OCH3 is 1. The highest BCUT2D eigenvalue weighted by Crippen LogP contribution is 2.31. The van der Waals surface area contributed by atoms with E-state index >= 15 is 0 Å². The average molecular weight is 284 g/mol. The van der Waals surface area contributed by atoms with Crippen molar-refractivity contribution in [3.05, 3.63) is 23.8 Å². The van der Waals surface area contributed by atoms with Crippen LogP contribution in [0, 0.1) is 12.8 Å². The zero-order valence-electron chi connectivity index (χ0n) is 11.2. The average Bonchev–Trinajstić information content (AvgIpc) is 3.20. The maximum Gasteiger partial charge on any atom is 0.244 e. The van der Waals surface area contributed by atoms with Gasteiger partial charge in [0.25, 0.3) is 0 Å². The lowest BCUT2D eigenvalue weighted by Crippen LogP contribution is -2.38. The molecule has 1 saturated carbocycles. The van der Waals surface area contributed by atoms with E-state index < -0.39 is 10.0 Å². The molecule has 1 aliphatic carbocycles. The molecule has 6 heteroatoms. The van der Waals surface area contributed by atoms with Gasteiger partial charge in [0.1, 0.15) is 10.6 Å². The number of hydrogen-bond donors (Lipinski definition) is 2. The van der Waals surface area contributed by atoms with Gasteiger partial charge in [0.05, 0.1) is 7.11 Å². The van der Waals surface area contributed by atoms with Crippen molar-refractivity contribution in [3.8, 4) is 5.75 Å². The fraction of sp³-hybridized carbons (Fsp3) is 0.538. The van der Waals surface area contributed by atoms with E-state index in [2.05, 4.69) is 4.72 Å². The second-order valence-electron chi connectivity index (χ2n) is 5.01. The van der Waals surface area contributed by atoms with E-state index in [1.54, 1.807) is 12.1 Å². The highest BCUT2D eigenvalue weighted by molar-refractivity contribution is 7.89. The molecule has 106 valence electrons. The van der Waals surface area contributed by atoms with Crippen LogP contribution in [-0.4, -0.2) is 28.1 Å². The number of ether oxygens (including phenoxy) is 1. The highest BCUT2D eigenvalue weighted by atomic mass is 32.2. The molecule has 3 N–H and O–H groups in total. The summed E-state index contributed by atoms with van der Waals surface area (Å²) in [6.07, 6.45) is 2.19. The fourth-order valence-corrected chi connectivity index (χ4v) is 3.29. The van der Waals surface area contributed by atoms with E-state index in [1.807, 2.05) is 13.0 Å². The zero-order valence-corrected chi connectivity index (χ0v) is 12.0. The van der Waals surface area contributed by atoms with E-state index in [4.69, 9.17) is 10.5 Å². The van der Waals surface area contributed by atoms with Gasteiger partial charge in [0, 0.05) is 12.6 Å². The maximum atomic E-state index is 12.3. The van der Waals surface area contributed by atoms with E-state index in [0.717, 1.165) is 18.4 Å². The maximum absolute atomic E-state index is 12.3. The van der Waals surface area contributed by atoms with Crippen molar-refractivity contribution in [2.24, 2.45) is 11.7 Å². The van der Waals surface area contributed by atoms with Gasteiger partial charge in [-0.25, -0.2) is 13.1 Å². The van der Waals surface area contributed by atoms with E-state index in [9.17, 15) is 8.42 Å². The monoisotopic (exact) mass is 284 g/mol. The summed E-state index contributed by atoms with van der Waals surface area (Å²) in [5.74, 6) is 0.806. The molecule has 1 aromatic rings. The Labute approximate surface area is 114 Å². The Hall–Kier alpha value is -1.11. The van der Waals surface area contributed by atoms with Crippen LogP contribution in [0.5, 0.6) is 5.75 Å². The normalized spacial score (nSPS) is 17.2. The number of hydrogen-bond acceptors (Lipinski definition) is 4. The van der Waals surface area contributed by atoms with Crippen LogP contribution in [-0.2, 0) is 10.0 Å². The van der Waals surface area contributed by atoms with Gasteiger partial charge in [-0.1, -0.05) is 6.07 Å². The second-order valence-corrected chi connectivity index (χ2v) is 6.74. The van der Waals surface area contributed by atoms with Crippen molar-refractivity contribution in [1.29, 1.82) is 0 Å². The Balaban J connectivity index is 2.15. The Bertz CT molecular complexity index is 553. The van der Waals surface area contributed by atoms with E-state index in [1.165, 1.54) is 7.11 Å². The van der Waals surface area contributed by atoms with Crippen LogP contribution in [0.4, 0.5) is 0 Å². The minimum Gasteiger partial charge on any atom is -0.495 e. The van der Waals surface area contributed by atoms with Gasteiger partial charge in [-0.05, 0) is 43.4 Å². The number of sulfonamides is 1. The summed E-state index contributed by atoms with van der Waals surface area (Å²) in [5, 5.41) is 0. The molecule has 5 nitrogen and oxygen atoms in total. The Morgan fingerprint density at radius 1 is 1.47 bits per heavy atom. The van der Waals surface area contributed by atoms with Gasteiger partial charge in [-0.15, -0.1) is 0 Å². The molecular formula is C13H20N2O3S. The number of benzene rings is 1. The van der Waals surface area contributed by atoms with Crippen LogP contribution in [0.1, 0.15) is 18.4 Å². The molecule has 19 heavy (non-hydrogen) atoms. The minimum atomic E-state index is -3.58. The largest absolute Gasteiger partial charge is 0.495 e. The minimum absolute atomic E-state index is 0.106. The van der Waals surface area contributed by atoms with Gasteiger partial charge < -0.3 is 10.5 Å². The van der Waals surface area contributed by atoms with Crippen LogP contribution in [0.3, 0.4) is 0 Å². The predicted molar refractivity (Wildman–Crippen MR) is 73.6 cm³/mol. The number of aryl methyl sites for hydroxylation is 1. The number of nitrogens with one attached hydrogen (secondary N) is 1. The summed E-state index contributed by atoms with van der Waals surface area (Å²) < 4.78 is 32.2. The summed E-state index contributed by atoms with van der Waals surface area (Å²) in [6, 6.07) is 4.97. The molecule has 1 fully saturated rings. The summed E-state index contributed by atoms with van der Waals surface area (Å²) in [5.41, 5.74) is 6.77. The molecule has 0 aliphatic heterocycles. The summed E-state index contributed by atoms with van der Waals surface area (Å²) in [4.78, 5) is 0.165. The summed E-state index contributed by atoms with van der Waals surface area (Å²) >= 11 is 0. The third-order valence-corrected chi connectivity index (χ3v) is 4.79. The van der Waals surface area contributed by atoms with Crippen LogP contribution < -0.4 is 15.2 Å². The smallest absolute Gasteiger partial charge is 0.244 e. The van der Waals surface area contributed by atoms with Gasteiger partial charge in [-0.2, -0.15) is 0 Å². The molecular weight excluding hydrogens is 264 g/mol. The first-order valence-corrected chi connectivity index (χ1v) is 7.82. The van der Waals surface area contributed by atoms with Crippen molar-refractivity contribution in [3.63, 3.8) is 0 Å². The lowest BCUT2D eigenvalue weighted by molar-refractivity contribution is 0.402. The molecule has 1 unspecified atom stereocenters. The lowest BCUT2D eigenvalue weighted by atomic mass is 10.2. The molecule has 0 spiro atoms. The predicted octanol–water partition coefficient (Wildman–Crippen LogP) is 1.02. The quantitative estimate of drug-likeness (QED) is 0.817. The molecule has 0 radical (unpaired) electrons. The molecule has 1 aliphatic rings. The standard InChI is InChI=1S/C13H20N2O3S/c1-9-3-6-12(18-2)13(7-9)19(16,17)15-8-11(14)10-4-5-10/h3,6-7,10-11,15H,4-5,8,14H2,1-2H3. The molecule has 2 rings (SSSR count). The SMILES string of the molecule is COc1ccc(C)cc1S(=O)(=O)NCC(N)C1CC1. The summed E-state index contributed by atoms with van der Waals surface area (Å²) in [7, 11) is -2.12. The Morgan fingerprint density at radius 2 is 2.16 bits per heavy atom. The Morgan fingerprint density at radius 3 is 2.74 bits per heavy atom. The third kappa shape index (κ3) is 3.46. The van der Waals surface area contributed by atoms with Gasteiger partial charge >= 0.3 is 0 Å². The lowest BCUT2D eigenvalue weighted by Gasteiger charge is -2.14. The molecule has 0 saturated heterocycles. The zero-order chi connectivity index (χ0) is 14.0. The second kappa shape index (κ2) is 5.48. The van der Waals surface area contributed by atoms with E-state index in [0.29, 0.717) is 11.7 Å². The highest BCUT2D eigenvalue weighted by Gasteiger charge is 2.30. The first-order valence-electron chi connectivity index (χ1n) is 6.34. The molecule has 1 atom stereocenters. The fourth-order valence-electron chi connectivity index (χ4n) is 1.97.